The van der Waals surface area contributed by atoms with Crippen molar-refractivity contribution in [3.05, 3.63) is 58.6 Å². The van der Waals surface area contributed by atoms with Gasteiger partial charge in [-0.3, -0.25) is 9.29 Å². The van der Waals surface area contributed by atoms with Crippen molar-refractivity contribution >= 4 is 44.9 Å². The first kappa shape index (κ1) is 24.1. The smallest absolute Gasteiger partial charge is 0.233 e. The highest BCUT2D eigenvalue weighted by Crippen LogP contribution is 2.25. The number of hydrogen-bond acceptors (Lipinski definition) is 9. The molecule has 34 heavy (non-hydrogen) atoms. The molecule has 0 saturated carbocycles. The number of benzene rings is 1. The number of halogens is 1. The zero-order valence-electron chi connectivity index (χ0n) is 19.2. The summed E-state index contributed by atoms with van der Waals surface area (Å²) in [6.07, 6.45) is 7.52. The number of sulfonamides is 1. The average Bonchev–Trinajstić information content (AvgIpc) is 2.98. The zero-order chi connectivity index (χ0) is 24.3. The van der Waals surface area contributed by atoms with E-state index in [1.165, 1.54) is 36.8 Å². The lowest BCUT2D eigenvalue weighted by Crippen LogP contribution is -2.27. The zero-order valence-corrected chi connectivity index (χ0v) is 20.8. The van der Waals surface area contributed by atoms with E-state index < -0.39 is 10.0 Å². The standard InChI is InChI=1S/C22H27ClN8O2S/c1-14-10-15-4-5-17(11-16(15)6-7-24-14)29-22-28-12-18(23)20(30-22)27-13-19-21(26-9-8-25-19)31(2)34(3,32)33/h4-5,8-9,11-12,14,24H,6-7,10,13H2,1-3H3,(H2,27,28,29,30). The first-order valence-corrected chi connectivity index (χ1v) is 13.1. The minimum atomic E-state index is -3.49. The molecule has 0 spiro atoms. The Morgan fingerprint density at radius 2 is 2.00 bits per heavy atom. The van der Waals surface area contributed by atoms with Crippen molar-refractivity contribution in [2.24, 2.45) is 0 Å². The number of anilines is 4. The normalized spacial score (nSPS) is 15.8. The summed E-state index contributed by atoms with van der Waals surface area (Å²) in [6, 6.07) is 6.76. The Morgan fingerprint density at radius 3 is 2.79 bits per heavy atom. The maximum absolute atomic E-state index is 11.9. The van der Waals surface area contributed by atoms with E-state index in [0.717, 1.165) is 35.6 Å². The Labute approximate surface area is 204 Å². The summed E-state index contributed by atoms with van der Waals surface area (Å²) in [5.41, 5.74) is 3.99. The Kier molecular flexibility index (Phi) is 7.15. The van der Waals surface area contributed by atoms with E-state index in [1.54, 1.807) is 0 Å². The van der Waals surface area contributed by atoms with E-state index in [9.17, 15) is 8.42 Å². The number of nitrogens with one attached hydrogen (secondary N) is 3. The molecule has 0 saturated heterocycles. The van der Waals surface area contributed by atoms with Gasteiger partial charge in [0.05, 0.1) is 19.0 Å². The highest BCUT2D eigenvalue weighted by Gasteiger charge is 2.18. The third-order valence-electron chi connectivity index (χ3n) is 5.59. The van der Waals surface area contributed by atoms with Gasteiger partial charge in [0, 0.05) is 31.2 Å². The first-order chi connectivity index (χ1) is 16.2. The Hall–Kier alpha value is -3.02. The minimum Gasteiger partial charge on any atom is -0.363 e. The lowest BCUT2D eigenvalue weighted by molar-refractivity contribution is 0.568. The molecular weight excluding hydrogens is 476 g/mol. The van der Waals surface area contributed by atoms with Crippen LogP contribution in [0.25, 0.3) is 0 Å². The van der Waals surface area contributed by atoms with Crippen molar-refractivity contribution in [3.8, 4) is 0 Å². The third kappa shape index (κ3) is 5.72. The summed E-state index contributed by atoms with van der Waals surface area (Å²) >= 11 is 6.30. The van der Waals surface area contributed by atoms with Crippen molar-refractivity contribution in [1.82, 2.24) is 25.3 Å². The molecule has 3 heterocycles. The van der Waals surface area contributed by atoms with Gasteiger partial charge in [-0.1, -0.05) is 17.7 Å². The summed E-state index contributed by atoms with van der Waals surface area (Å²) in [6.45, 7) is 3.31. The van der Waals surface area contributed by atoms with Crippen LogP contribution >= 0.6 is 11.6 Å². The van der Waals surface area contributed by atoms with Crippen molar-refractivity contribution < 1.29 is 8.42 Å². The third-order valence-corrected chi connectivity index (χ3v) is 7.04. The molecule has 1 unspecified atom stereocenters. The molecule has 4 rings (SSSR count). The molecule has 0 bridgehead atoms. The van der Waals surface area contributed by atoms with Crippen LogP contribution in [-0.2, 0) is 29.4 Å². The van der Waals surface area contributed by atoms with Gasteiger partial charge in [0.1, 0.15) is 10.7 Å². The fourth-order valence-electron chi connectivity index (χ4n) is 3.74. The SMILES string of the molecule is CC1Cc2ccc(Nc3ncc(Cl)c(NCc4nccnc4N(C)S(C)(=O)=O)n3)cc2CCN1. The van der Waals surface area contributed by atoms with Crippen LogP contribution in [0.2, 0.25) is 5.02 Å². The summed E-state index contributed by atoms with van der Waals surface area (Å²) in [5.74, 6) is 1.01. The molecule has 1 aliphatic heterocycles. The second-order valence-electron chi connectivity index (χ2n) is 8.22. The van der Waals surface area contributed by atoms with E-state index in [-0.39, 0.29) is 12.4 Å². The van der Waals surface area contributed by atoms with Crippen LogP contribution in [0.15, 0.2) is 36.8 Å². The minimum absolute atomic E-state index is 0.170. The van der Waals surface area contributed by atoms with Crippen LogP contribution < -0.4 is 20.3 Å². The second kappa shape index (κ2) is 10.1. The average molecular weight is 503 g/mol. The molecule has 0 aliphatic carbocycles. The van der Waals surface area contributed by atoms with E-state index >= 15 is 0 Å². The van der Waals surface area contributed by atoms with Crippen molar-refractivity contribution in [3.63, 3.8) is 0 Å². The van der Waals surface area contributed by atoms with Crippen LogP contribution in [-0.4, -0.2) is 54.2 Å². The lowest BCUT2D eigenvalue weighted by atomic mass is 10.0. The van der Waals surface area contributed by atoms with Crippen molar-refractivity contribution in [2.45, 2.75) is 32.4 Å². The second-order valence-corrected chi connectivity index (χ2v) is 10.6. The van der Waals surface area contributed by atoms with E-state index in [4.69, 9.17) is 11.6 Å². The maximum atomic E-state index is 11.9. The number of fused-ring (bicyclic) bond motifs is 1. The van der Waals surface area contributed by atoms with Crippen molar-refractivity contribution in [1.29, 1.82) is 0 Å². The molecule has 0 amide bonds. The van der Waals surface area contributed by atoms with Gasteiger partial charge in [0.15, 0.2) is 11.6 Å². The molecule has 0 fully saturated rings. The van der Waals surface area contributed by atoms with Gasteiger partial charge in [-0.25, -0.2) is 18.4 Å². The van der Waals surface area contributed by atoms with Crippen LogP contribution in [0.4, 0.5) is 23.3 Å². The summed E-state index contributed by atoms with van der Waals surface area (Å²) < 4.78 is 25.0. The predicted octanol–water partition coefficient (Wildman–Crippen LogP) is 2.75. The largest absolute Gasteiger partial charge is 0.363 e. The fraction of sp³-hybridized carbons (Fsp3) is 0.364. The van der Waals surface area contributed by atoms with Crippen LogP contribution in [0.5, 0.6) is 0 Å². The molecule has 2 aromatic heterocycles. The molecule has 1 atom stereocenters. The summed E-state index contributed by atoms with van der Waals surface area (Å²) in [7, 11) is -2.06. The Morgan fingerprint density at radius 1 is 1.21 bits per heavy atom. The van der Waals surface area contributed by atoms with Crippen LogP contribution in [0.3, 0.4) is 0 Å². The number of aromatic nitrogens is 4. The number of rotatable bonds is 7. The fourth-order valence-corrected chi connectivity index (χ4v) is 4.37. The van der Waals surface area contributed by atoms with Gasteiger partial charge in [0.2, 0.25) is 16.0 Å². The summed E-state index contributed by atoms with van der Waals surface area (Å²) in [4.78, 5) is 17.2. The molecule has 3 N–H and O–H groups in total. The molecule has 0 radical (unpaired) electrons. The first-order valence-electron chi connectivity index (χ1n) is 10.8. The number of hydrogen-bond donors (Lipinski definition) is 3. The lowest BCUT2D eigenvalue weighted by Gasteiger charge is -2.18. The molecule has 10 nitrogen and oxygen atoms in total. The monoisotopic (exact) mass is 502 g/mol. The molecule has 1 aromatic carbocycles. The predicted molar refractivity (Wildman–Crippen MR) is 134 cm³/mol. The van der Waals surface area contributed by atoms with Gasteiger partial charge in [0.25, 0.3) is 0 Å². The quantitative estimate of drug-likeness (QED) is 0.447. The maximum Gasteiger partial charge on any atom is 0.233 e. The van der Waals surface area contributed by atoms with Gasteiger partial charge in [-0.05, 0) is 49.6 Å². The van der Waals surface area contributed by atoms with Gasteiger partial charge >= 0.3 is 0 Å². The van der Waals surface area contributed by atoms with E-state index in [2.05, 4.69) is 54.9 Å². The molecule has 3 aromatic rings. The van der Waals surface area contributed by atoms with Gasteiger partial charge in [-0.15, -0.1) is 0 Å². The number of nitrogens with zero attached hydrogens (tertiary/aromatic N) is 5. The molecule has 1 aliphatic rings. The topological polar surface area (TPSA) is 125 Å². The van der Waals surface area contributed by atoms with Crippen LogP contribution in [0.1, 0.15) is 23.7 Å². The van der Waals surface area contributed by atoms with Gasteiger partial charge < -0.3 is 16.0 Å². The van der Waals surface area contributed by atoms with Gasteiger partial charge in [-0.2, -0.15) is 4.98 Å². The van der Waals surface area contributed by atoms with E-state index in [0.29, 0.717) is 28.5 Å². The van der Waals surface area contributed by atoms with Crippen LogP contribution in [0, 0.1) is 0 Å². The Balaban J connectivity index is 1.50. The molecule has 180 valence electrons. The van der Waals surface area contributed by atoms with Crippen molar-refractivity contribution in [2.75, 3.05) is 34.8 Å². The highest BCUT2D eigenvalue weighted by molar-refractivity contribution is 7.92. The Bertz CT molecular complexity index is 1290. The molecule has 12 heteroatoms. The highest BCUT2D eigenvalue weighted by atomic mass is 35.5. The molecular formula is C22H27ClN8O2S. The van der Waals surface area contributed by atoms with E-state index in [1.807, 2.05) is 6.07 Å². The summed E-state index contributed by atoms with van der Waals surface area (Å²) in [5, 5.41) is 10.2.